The zero-order valence-corrected chi connectivity index (χ0v) is 22.5. The van der Waals surface area contributed by atoms with E-state index in [9.17, 15) is 18.3 Å². The predicted octanol–water partition coefficient (Wildman–Crippen LogP) is 5.03. The van der Waals surface area contributed by atoms with Crippen molar-refractivity contribution in [1.29, 1.82) is 0 Å². The highest BCUT2D eigenvalue weighted by Gasteiger charge is 2.29. The summed E-state index contributed by atoms with van der Waals surface area (Å²) in [5, 5.41) is 17.6. The molecule has 1 aromatic carbocycles. The minimum atomic E-state index is -3.85. The summed E-state index contributed by atoms with van der Waals surface area (Å²) in [6.07, 6.45) is 3.12. The van der Waals surface area contributed by atoms with Gasteiger partial charge in [0.15, 0.2) is 0 Å². The molecular formula is C27H30N4O4S2. The Bertz CT molecular complexity index is 1540. The highest BCUT2D eigenvalue weighted by molar-refractivity contribution is 7.92. The number of aromatic amines is 1. The molecule has 0 aliphatic heterocycles. The molecule has 1 fully saturated rings. The van der Waals surface area contributed by atoms with Gasteiger partial charge in [-0.3, -0.25) is 9.52 Å². The van der Waals surface area contributed by atoms with Gasteiger partial charge >= 0.3 is 0 Å². The maximum absolute atomic E-state index is 13.2. The van der Waals surface area contributed by atoms with Gasteiger partial charge in [-0.05, 0) is 70.8 Å². The fourth-order valence-corrected chi connectivity index (χ4v) is 6.38. The van der Waals surface area contributed by atoms with E-state index in [0.717, 1.165) is 24.0 Å². The number of carbonyl (C=O) groups is 1. The van der Waals surface area contributed by atoms with Crippen LogP contribution < -0.4 is 10.0 Å². The Morgan fingerprint density at radius 2 is 1.92 bits per heavy atom. The highest BCUT2D eigenvalue weighted by atomic mass is 32.2. The van der Waals surface area contributed by atoms with Crippen molar-refractivity contribution in [3.05, 3.63) is 64.6 Å². The number of nitrogens with zero attached hydrogens (tertiary/aromatic N) is 1. The van der Waals surface area contributed by atoms with Crippen LogP contribution in [0.3, 0.4) is 0 Å². The van der Waals surface area contributed by atoms with Crippen LogP contribution in [0.1, 0.15) is 56.1 Å². The molecule has 1 amide bonds. The lowest BCUT2D eigenvalue weighted by Crippen LogP contribution is -2.40. The van der Waals surface area contributed by atoms with Crippen LogP contribution in [0.4, 0.5) is 5.69 Å². The van der Waals surface area contributed by atoms with Gasteiger partial charge in [-0.2, -0.15) is 11.3 Å². The van der Waals surface area contributed by atoms with Crippen molar-refractivity contribution >= 4 is 44.0 Å². The molecule has 0 bridgehead atoms. The highest BCUT2D eigenvalue weighted by Crippen LogP contribution is 2.35. The van der Waals surface area contributed by atoms with E-state index in [2.05, 4.69) is 40.8 Å². The van der Waals surface area contributed by atoms with Gasteiger partial charge in [-0.15, -0.1) is 0 Å². The topological polar surface area (TPSA) is 124 Å². The summed E-state index contributed by atoms with van der Waals surface area (Å²) in [5.74, 6) is -0.328. The standard InChI is InChI=1S/C27H30N4O4S2/c1-27(2,3)17-7-9-19(10-8-17)37(34,35)31-18-13-20-23(16-11-12-36-15-16)24(30-25(20)28-14-18)26(33)29-21-5-4-6-22(21)32/h7-15,21-22,31-32H,4-6H2,1-3H3,(H,28,30)(H,29,33)/t21-,22+/m0/s1. The molecule has 0 spiro atoms. The molecule has 10 heteroatoms. The Morgan fingerprint density at radius 1 is 1.16 bits per heavy atom. The van der Waals surface area contributed by atoms with Gasteiger partial charge in [0.05, 0.1) is 28.9 Å². The number of aliphatic hydroxyl groups excluding tert-OH is 1. The lowest BCUT2D eigenvalue weighted by atomic mass is 9.87. The second-order valence-electron chi connectivity index (χ2n) is 10.5. The number of nitrogens with one attached hydrogen (secondary N) is 3. The number of hydrogen-bond acceptors (Lipinski definition) is 6. The number of fused-ring (bicyclic) bond motifs is 1. The van der Waals surface area contributed by atoms with Crippen LogP contribution in [0.15, 0.2) is 58.3 Å². The van der Waals surface area contributed by atoms with Crippen molar-refractivity contribution in [2.75, 3.05) is 4.72 Å². The van der Waals surface area contributed by atoms with Crippen molar-refractivity contribution in [3.63, 3.8) is 0 Å². The van der Waals surface area contributed by atoms with Crippen molar-refractivity contribution in [2.45, 2.75) is 62.5 Å². The van der Waals surface area contributed by atoms with Gasteiger partial charge in [0.25, 0.3) is 15.9 Å². The van der Waals surface area contributed by atoms with Crippen LogP contribution in [0, 0.1) is 0 Å². The molecular weight excluding hydrogens is 508 g/mol. The minimum Gasteiger partial charge on any atom is -0.391 e. The van der Waals surface area contributed by atoms with Crippen LogP contribution >= 0.6 is 11.3 Å². The molecule has 3 aromatic heterocycles. The summed E-state index contributed by atoms with van der Waals surface area (Å²) < 4.78 is 28.9. The van der Waals surface area contributed by atoms with Crippen molar-refractivity contribution < 1.29 is 18.3 Å². The zero-order chi connectivity index (χ0) is 26.4. The van der Waals surface area contributed by atoms with Crippen LogP contribution in [0.5, 0.6) is 0 Å². The Labute approximate surface area is 220 Å². The van der Waals surface area contributed by atoms with Crippen LogP contribution in [-0.2, 0) is 15.4 Å². The van der Waals surface area contributed by atoms with E-state index in [1.807, 2.05) is 29.0 Å². The molecule has 1 aliphatic rings. The molecule has 0 saturated heterocycles. The summed E-state index contributed by atoms with van der Waals surface area (Å²) in [6, 6.07) is 10.1. The zero-order valence-electron chi connectivity index (χ0n) is 20.9. The SMILES string of the molecule is CC(C)(C)c1ccc(S(=O)(=O)Nc2cnc3[nH]c(C(=O)N[C@H]4CCC[C@H]4O)c(-c4ccsc4)c3c2)cc1. The number of carbonyl (C=O) groups excluding carboxylic acids is 1. The van der Waals surface area contributed by atoms with Crippen molar-refractivity contribution in [3.8, 4) is 11.1 Å². The number of rotatable bonds is 6. The Hall–Kier alpha value is -3.21. The lowest BCUT2D eigenvalue weighted by Gasteiger charge is -2.19. The fraction of sp³-hybridized carbons (Fsp3) is 0.333. The van der Waals surface area contributed by atoms with Gasteiger partial charge in [0, 0.05) is 10.9 Å². The number of aliphatic hydroxyl groups is 1. The maximum Gasteiger partial charge on any atom is 0.268 e. The third-order valence-electron chi connectivity index (χ3n) is 6.77. The molecule has 8 nitrogen and oxygen atoms in total. The molecule has 194 valence electrons. The van der Waals surface area contributed by atoms with Crippen LogP contribution in [-0.4, -0.2) is 41.5 Å². The van der Waals surface area contributed by atoms with Crippen molar-refractivity contribution in [2.24, 2.45) is 0 Å². The summed E-state index contributed by atoms with van der Waals surface area (Å²) in [6.45, 7) is 6.21. The Kier molecular flexibility index (Phi) is 6.59. The molecule has 0 unspecified atom stereocenters. The number of pyridine rings is 1. The second-order valence-corrected chi connectivity index (χ2v) is 12.9. The number of benzene rings is 1. The molecule has 1 saturated carbocycles. The van der Waals surface area contributed by atoms with Gasteiger partial charge in [0.1, 0.15) is 11.3 Å². The Morgan fingerprint density at radius 3 is 2.54 bits per heavy atom. The first kappa shape index (κ1) is 25.4. The first-order valence-corrected chi connectivity index (χ1v) is 14.6. The maximum atomic E-state index is 13.2. The smallest absolute Gasteiger partial charge is 0.268 e. The van der Waals surface area contributed by atoms with Gasteiger partial charge < -0.3 is 15.4 Å². The predicted molar refractivity (Wildman–Crippen MR) is 146 cm³/mol. The summed E-state index contributed by atoms with van der Waals surface area (Å²) in [4.78, 5) is 20.9. The number of aromatic nitrogens is 2. The molecule has 3 heterocycles. The minimum absolute atomic E-state index is 0.0864. The van der Waals surface area contributed by atoms with E-state index in [4.69, 9.17) is 0 Å². The number of amides is 1. The molecule has 37 heavy (non-hydrogen) atoms. The average Bonchev–Trinajstić information content (AvgIpc) is 3.58. The molecule has 5 rings (SSSR count). The second kappa shape index (κ2) is 9.59. The first-order chi connectivity index (χ1) is 17.5. The number of anilines is 1. The quantitative estimate of drug-likeness (QED) is 0.274. The number of sulfonamides is 1. The van der Waals surface area contributed by atoms with Gasteiger partial charge in [-0.1, -0.05) is 32.9 Å². The van der Waals surface area contributed by atoms with Gasteiger partial charge in [-0.25, -0.2) is 13.4 Å². The fourth-order valence-electron chi connectivity index (χ4n) is 4.70. The summed E-state index contributed by atoms with van der Waals surface area (Å²) >= 11 is 1.50. The number of hydrogen-bond donors (Lipinski definition) is 4. The molecule has 4 N–H and O–H groups in total. The van der Waals surface area contributed by atoms with E-state index in [-0.39, 0.29) is 22.3 Å². The number of thiophene rings is 1. The summed E-state index contributed by atoms with van der Waals surface area (Å²) in [5.41, 5.74) is 3.52. The molecule has 2 atom stereocenters. The van der Waals surface area contributed by atoms with E-state index < -0.39 is 16.1 Å². The molecule has 0 radical (unpaired) electrons. The van der Waals surface area contributed by atoms with E-state index >= 15 is 0 Å². The average molecular weight is 539 g/mol. The monoisotopic (exact) mass is 538 g/mol. The van der Waals surface area contributed by atoms with Crippen molar-refractivity contribution in [1.82, 2.24) is 15.3 Å². The Balaban J connectivity index is 1.49. The molecule has 4 aromatic rings. The van der Waals surface area contributed by atoms with E-state index in [1.54, 1.807) is 18.2 Å². The van der Waals surface area contributed by atoms with E-state index in [0.29, 0.717) is 34.4 Å². The first-order valence-electron chi connectivity index (χ1n) is 12.2. The van der Waals surface area contributed by atoms with E-state index in [1.165, 1.54) is 17.5 Å². The largest absolute Gasteiger partial charge is 0.391 e. The molecule has 1 aliphatic carbocycles. The number of H-pyrrole nitrogens is 1. The third kappa shape index (κ3) is 5.14. The summed E-state index contributed by atoms with van der Waals surface area (Å²) in [7, 11) is -3.85. The van der Waals surface area contributed by atoms with Crippen LogP contribution in [0.25, 0.3) is 22.2 Å². The van der Waals surface area contributed by atoms with Gasteiger partial charge in [0.2, 0.25) is 0 Å². The van der Waals surface area contributed by atoms with Crippen LogP contribution in [0.2, 0.25) is 0 Å². The lowest BCUT2D eigenvalue weighted by molar-refractivity contribution is 0.0870. The third-order valence-corrected chi connectivity index (χ3v) is 8.85. The normalized spacial score (nSPS) is 18.3.